The van der Waals surface area contributed by atoms with Gasteiger partial charge < -0.3 is 14.6 Å². The zero-order chi connectivity index (χ0) is 15.7. The van der Waals surface area contributed by atoms with Crippen molar-refractivity contribution in [2.75, 3.05) is 6.61 Å². The molecule has 1 aliphatic heterocycles. The van der Waals surface area contributed by atoms with Gasteiger partial charge in [-0.05, 0) is 45.1 Å². The van der Waals surface area contributed by atoms with E-state index in [4.69, 9.17) is 14.6 Å². The molecule has 0 bridgehead atoms. The maximum Gasteiger partial charge on any atom is 0.177 e. The van der Waals surface area contributed by atoms with Crippen molar-refractivity contribution in [1.29, 1.82) is 0 Å². The second-order valence-corrected chi connectivity index (χ2v) is 5.84. The van der Waals surface area contributed by atoms with Crippen LogP contribution >= 0.6 is 0 Å². The predicted octanol–water partition coefficient (Wildman–Crippen LogP) is 3.99. The third-order valence-electron chi connectivity index (χ3n) is 3.39. The molecule has 0 aromatic rings. The van der Waals surface area contributed by atoms with Crippen LogP contribution in [-0.2, 0) is 9.47 Å². The van der Waals surface area contributed by atoms with Gasteiger partial charge in [0.15, 0.2) is 6.29 Å². The number of aliphatic hydroxyl groups excluding tert-OH is 1. The minimum Gasteiger partial charge on any atom is -0.396 e. The largest absolute Gasteiger partial charge is 0.396 e. The van der Waals surface area contributed by atoms with Crippen LogP contribution in [0.4, 0.5) is 0 Å². The molecule has 0 spiro atoms. The van der Waals surface area contributed by atoms with E-state index in [-0.39, 0.29) is 25.1 Å². The fourth-order valence-corrected chi connectivity index (χ4v) is 2.24. The summed E-state index contributed by atoms with van der Waals surface area (Å²) in [4.78, 5) is 0. The molecule has 0 amide bonds. The van der Waals surface area contributed by atoms with Gasteiger partial charge in [0, 0.05) is 6.61 Å². The summed E-state index contributed by atoms with van der Waals surface area (Å²) in [6.45, 7) is 8.54. The molecular formula is C18H30O3. The first kappa shape index (κ1) is 18.1. The molecular weight excluding hydrogens is 264 g/mol. The van der Waals surface area contributed by atoms with Crippen LogP contribution in [-0.4, -0.2) is 30.2 Å². The Labute approximate surface area is 129 Å². The van der Waals surface area contributed by atoms with Crippen LogP contribution in [0.25, 0.3) is 0 Å². The van der Waals surface area contributed by atoms with Gasteiger partial charge in [-0.25, -0.2) is 0 Å². The average Bonchev–Trinajstić information content (AvgIpc) is 2.43. The van der Waals surface area contributed by atoms with E-state index in [0.717, 1.165) is 19.3 Å². The smallest absolute Gasteiger partial charge is 0.177 e. The van der Waals surface area contributed by atoms with Crippen molar-refractivity contribution in [2.45, 2.75) is 65.5 Å². The van der Waals surface area contributed by atoms with Gasteiger partial charge in [0.1, 0.15) is 0 Å². The molecule has 1 rings (SSSR count). The normalized spacial score (nSPS) is 25.0. The Balaban J connectivity index is 2.56. The Morgan fingerprint density at radius 1 is 1.43 bits per heavy atom. The molecule has 1 heterocycles. The third-order valence-corrected chi connectivity index (χ3v) is 3.39. The van der Waals surface area contributed by atoms with E-state index in [9.17, 15) is 0 Å². The second kappa shape index (κ2) is 9.93. The number of ether oxygens (including phenoxy) is 2. The lowest BCUT2D eigenvalue weighted by Gasteiger charge is -2.25. The molecule has 0 saturated heterocycles. The number of rotatable bonds is 8. The van der Waals surface area contributed by atoms with Crippen molar-refractivity contribution >= 4 is 0 Å². The molecule has 0 saturated carbocycles. The quantitative estimate of drug-likeness (QED) is 0.543. The maximum absolute atomic E-state index is 8.97. The molecule has 0 radical (unpaired) electrons. The standard InChI is InChI=1S/C18H30O3/c1-5-16(13-15(4)11-12-19)9-10-17-7-6-8-18(21-17)20-14(2)3/h6,8-10,13-15,17-19H,5,7,11-12H2,1-4H3/b10-9+,16-13-/t15-,17+,18?/m0/s1. The topological polar surface area (TPSA) is 38.7 Å². The fraction of sp³-hybridized carbons (Fsp3) is 0.667. The summed E-state index contributed by atoms with van der Waals surface area (Å²) in [6, 6.07) is 0. The predicted molar refractivity (Wildman–Crippen MR) is 87.0 cm³/mol. The Morgan fingerprint density at radius 2 is 2.19 bits per heavy atom. The molecule has 0 fully saturated rings. The number of hydrogen-bond acceptors (Lipinski definition) is 3. The van der Waals surface area contributed by atoms with Crippen LogP contribution in [0.3, 0.4) is 0 Å². The lowest BCUT2D eigenvalue weighted by atomic mass is 10.0. The Morgan fingerprint density at radius 3 is 2.81 bits per heavy atom. The minimum absolute atomic E-state index is 0.0712. The lowest BCUT2D eigenvalue weighted by molar-refractivity contribution is -0.154. The average molecular weight is 294 g/mol. The van der Waals surface area contributed by atoms with Crippen molar-refractivity contribution < 1.29 is 14.6 Å². The molecule has 3 nitrogen and oxygen atoms in total. The van der Waals surface area contributed by atoms with Crippen molar-refractivity contribution in [2.24, 2.45) is 5.92 Å². The molecule has 1 N–H and O–H groups in total. The Hall–Kier alpha value is -0.900. The molecule has 0 aliphatic carbocycles. The van der Waals surface area contributed by atoms with E-state index in [2.05, 4.69) is 38.2 Å². The van der Waals surface area contributed by atoms with Gasteiger partial charge in [0.05, 0.1) is 12.2 Å². The first-order chi connectivity index (χ1) is 10.0. The molecule has 0 aromatic carbocycles. The van der Waals surface area contributed by atoms with Gasteiger partial charge >= 0.3 is 0 Å². The highest BCUT2D eigenvalue weighted by Crippen LogP contribution is 2.18. The van der Waals surface area contributed by atoms with Gasteiger partial charge in [-0.3, -0.25) is 0 Å². The first-order valence-electron chi connectivity index (χ1n) is 8.02. The highest BCUT2D eigenvalue weighted by Gasteiger charge is 2.17. The van der Waals surface area contributed by atoms with Crippen LogP contribution in [0.15, 0.2) is 36.0 Å². The van der Waals surface area contributed by atoms with Crippen molar-refractivity contribution in [1.82, 2.24) is 0 Å². The summed E-state index contributed by atoms with van der Waals surface area (Å²) in [5, 5.41) is 8.97. The number of aliphatic hydroxyl groups is 1. The third kappa shape index (κ3) is 7.60. The SMILES string of the molecule is CCC(=C/[C@@H](C)CCO)/C=C/[C@H]1CC=CC(OC(C)C)O1. The van der Waals surface area contributed by atoms with Crippen LogP contribution in [0.5, 0.6) is 0 Å². The van der Waals surface area contributed by atoms with Gasteiger partial charge in [0.2, 0.25) is 0 Å². The first-order valence-corrected chi connectivity index (χ1v) is 8.02. The summed E-state index contributed by atoms with van der Waals surface area (Å²) < 4.78 is 11.5. The van der Waals surface area contributed by atoms with Gasteiger partial charge in [-0.15, -0.1) is 0 Å². The van der Waals surface area contributed by atoms with Gasteiger partial charge in [0.25, 0.3) is 0 Å². The monoisotopic (exact) mass is 294 g/mol. The van der Waals surface area contributed by atoms with Crippen LogP contribution in [0.1, 0.15) is 47.0 Å². The zero-order valence-corrected chi connectivity index (χ0v) is 13.8. The van der Waals surface area contributed by atoms with Crippen LogP contribution in [0.2, 0.25) is 0 Å². The van der Waals surface area contributed by atoms with Crippen molar-refractivity contribution in [3.8, 4) is 0 Å². The lowest BCUT2D eigenvalue weighted by Crippen LogP contribution is -2.27. The van der Waals surface area contributed by atoms with E-state index < -0.39 is 0 Å². The van der Waals surface area contributed by atoms with E-state index in [1.54, 1.807) is 0 Å². The van der Waals surface area contributed by atoms with Crippen molar-refractivity contribution in [3.05, 3.63) is 36.0 Å². The molecule has 3 heteroatoms. The zero-order valence-electron chi connectivity index (χ0n) is 13.8. The van der Waals surface area contributed by atoms with E-state index in [1.165, 1.54) is 5.57 Å². The number of allylic oxidation sites excluding steroid dienone is 3. The van der Waals surface area contributed by atoms with E-state index >= 15 is 0 Å². The van der Waals surface area contributed by atoms with Gasteiger partial charge in [-0.1, -0.05) is 43.7 Å². The highest BCUT2D eigenvalue weighted by atomic mass is 16.7. The van der Waals surface area contributed by atoms with Crippen LogP contribution < -0.4 is 0 Å². The second-order valence-electron chi connectivity index (χ2n) is 5.84. The fourth-order valence-electron chi connectivity index (χ4n) is 2.24. The summed E-state index contributed by atoms with van der Waals surface area (Å²) in [5.74, 6) is 0.402. The molecule has 1 aliphatic rings. The summed E-state index contributed by atoms with van der Waals surface area (Å²) >= 11 is 0. The Bertz CT molecular complexity index is 369. The minimum atomic E-state index is -0.240. The summed E-state index contributed by atoms with van der Waals surface area (Å²) in [7, 11) is 0. The molecule has 3 atom stereocenters. The van der Waals surface area contributed by atoms with Gasteiger partial charge in [-0.2, -0.15) is 0 Å². The van der Waals surface area contributed by atoms with Crippen molar-refractivity contribution in [3.63, 3.8) is 0 Å². The molecule has 1 unspecified atom stereocenters. The van der Waals surface area contributed by atoms with Crippen LogP contribution in [0, 0.1) is 5.92 Å². The summed E-state index contributed by atoms with van der Waals surface area (Å²) in [6.07, 6.45) is 13.3. The maximum atomic E-state index is 8.97. The molecule has 21 heavy (non-hydrogen) atoms. The Kier molecular flexibility index (Phi) is 8.58. The van der Waals surface area contributed by atoms with E-state index in [0.29, 0.717) is 5.92 Å². The number of hydrogen-bond donors (Lipinski definition) is 1. The molecule has 120 valence electrons. The highest BCUT2D eigenvalue weighted by molar-refractivity contribution is 5.20. The summed E-state index contributed by atoms with van der Waals surface area (Å²) in [5.41, 5.74) is 1.29. The van der Waals surface area contributed by atoms with E-state index in [1.807, 2.05) is 19.9 Å². The molecule has 0 aromatic heterocycles.